The molecular formula is C65H36F12N6. The Morgan fingerprint density at radius 2 is 0.639 bits per heavy atom. The predicted molar refractivity (Wildman–Crippen MR) is 293 cm³/mol. The predicted octanol–water partition coefficient (Wildman–Crippen LogP) is 19.2. The summed E-state index contributed by atoms with van der Waals surface area (Å²) >= 11 is 0. The Hall–Kier alpha value is -9.97. The van der Waals surface area contributed by atoms with Crippen molar-refractivity contribution in [1.82, 2.24) is 29.5 Å². The molecule has 6 nitrogen and oxygen atoms in total. The second-order valence-corrected chi connectivity index (χ2v) is 19.3. The van der Waals surface area contributed by atoms with Crippen LogP contribution in [-0.4, -0.2) is 29.5 Å². The van der Waals surface area contributed by atoms with Crippen molar-refractivity contribution >= 4 is 21.8 Å². The average molecular weight is 1130 g/mol. The number of hydrogen-bond acceptors (Lipinski definition) is 5. The molecule has 0 radical (unpaired) electrons. The summed E-state index contributed by atoms with van der Waals surface area (Å²) in [6.07, 6.45) is -20.9. The third-order valence-electron chi connectivity index (χ3n) is 14.0. The first-order chi connectivity index (χ1) is 39.7. The van der Waals surface area contributed by atoms with Crippen molar-refractivity contribution < 1.29 is 52.7 Å². The molecule has 0 saturated carbocycles. The van der Waals surface area contributed by atoms with Crippen LogP contribution >= 0.6 is 0 Å². The molecule has 3 heterocycles. The van der Waals surface area contributed by atoms with Gasteiger partial charge in [-0.05, 0) is 82.9 Å². The smallest absolute Gasteiger partial charge is 0.308 e. The second kappa shape index (κ2) is 20.5. The molecule has 0 unspecified atom stereocenters. The zero-order chi connectivity index (χ0) is 58.0. The van der Waals surface area contributed by atoms with Gasteiger partial charge in [0.25, 0.3) is 0 Å². The summed E-state index contributed by atoms with van der Waals surface area (Å²) < 4.78 is 175. The van der Waals surface area contributed by atoms with Crippen LogP contribution in [0.2, 0.25) is 0 Å². The van der Waals surface area contributed by atoms with Gasteiger partial charge in [0.2, 0.25) is 0 Å². The average Bonchev–Trinajstić information content (AvgIpc) is 2.88. The minimum Gasteiger partial charge on any atom is -0.308 e. The van der Waals surface area contributed by atoms with Gasteiger partial charge in [-0.2, -0.15) is 52.7 Å². The van der Waals surface area contributed by atoms with Crippen LogP contribution in [0.15, 0.2) is 218 Å². The molecule has 12 aromatic rings. The molecule has 410 valence electrons. The fourth-order valence-electron chi connectivity index (χ4n) is 10.1. The maximum absolute atomic E-state index is 15.0. The topological polar surface area (TPSA) is 69.4 Å². The lowest BCUT2D eigenvalue weighted by Gasteiger charge is -2.18. The van der Waals surface area contributed by atoms with E-state index in [1.807, 2.05) is 66.7 Å². The normalized spacial score (nSPS) is 12.3. The molecule has 0 aliphatic carbocycles. The van der Waals surface area contributed by atoms with Gasteiger partial charge in [0.1, 0.15) is 0 Å². The number of benzene rings is 9. The van der Waals surface area contributed by atoms with E-state index >= 15 is 0 Å². The molecule has 0 aliphatic heterocycles. The summed E-state index contributed by atoms with van der Waals surface area (Å²) in [6.45, 7) is 0. The van der Waals surface area contributed by atoms with Gasteiger partial charge in [0, 0.05) is 44.2 Å². The molecule has 0 atom stereocenters. The van der Waals surface area contributed by atoms with Crippen LogP contribution in [0.25, 0.3) is 118 Å². The van der Waals surface area contributed by atoms with E-state index in [4.69, 9.17) is 24.9 Å². The number of nitrogens with zero attached hydrogens (tertiary/aromatic N) is 6. The molecule has 0 spiro atoms. The van der Waals surface area contributed by atoms with Crippen molar-refractivity contribution in [3.63, 3.8) is 0 Å². The highest BCUT2D eigenvalue weighted by molar-refractivity contribution is 6.12. The van der Waals surface area contributed by atoms with Gasteiger partial charge in [0.05, 0.1) is 50.4 Å². The second-order valence-electron chi connectivity index (χ2n) is 19.3. The van der Waals surface area contributed by atoms with Crippen molar-refractivity contribution in [2.24, 2.45) is 0 Å². The number of alkyl halides is 12. The summed E-state index contributed by atoms with van der Waals surface area (Å²) in [5, 5.41) is 0.623. The maximum atomic E-state index is 15.0. The highest BCUT2D eigenvalue weighted by Crippen LogP contribution is 2.47. The first-order valence-electron chi connectivity index (χ1n) is 25.3. The summed E-state index contributed by atoms with van der Waals surface area (Å²) in [6, 6.07) is 53.9. The number of halogens is 12. The van der Waals surface area contributed by atoms with Crippen LogP contribution in [-0.2, 0) is 24.7 Å². The van der Waals surface area contributed by atoms with E-state index in [0.29, 0.717) is 51.0 Å². The van der Waals surface area contributed by atoms with Crippen molar-refractivity contribution in [3.05, 3.63) is 241 Å². The third kappa shape index (κ3) is 10.5. The maximum Gasteiger partial charge on any atom is 0.417 e. The SMILES string of the molecule is FC(F)(F)c1ccc(-c2ccc3c4ccc(-c5ccc(C(F)(F)F)cc5C(F)(F)F)cc4n(-c4ccc(-c5nc(-c6ccccc6)cc(-c6ccccc6)n5)cc4-c4nc(-c5ccccc5)nc(-c5ccccc5)n4)c3c2)c(C(F)(F)F)c1. The molecule has 12 rings (SSSR count). The van der Waals surface area contributed by atoms with E-state index in [0.717, 1.165) is 23.3 Å². The van der Waals surface area contributed by atoms with Gasteiger partial charge in [-0.15, -0.1) is 0 Å². The van der Waals surface area contributed by atoms with Gasteiger partial charge < -0.3 is 4.57 Å². The van der Waals surface area contributed by atoms with Crippen LogP contribution in [0.1, 0.15) is 22.3 Å². The van der Waals surface area contributed by atoms with E-state index < -0.39 is 58.1 Å². The van der Waals surface area contributed by atoms with E-state index in [1.54, 1.807) is 78.9 Å². The zero-order valence-electron chi connectivity index (χ0n) is 42.5. The molecule has 3 aromatic heterocycles. The largest absolute Gasteiger partial charge is 0.417 e. The number of rotatable bonds is 9. The van der Waals surface area contributed by atoms with Crippen LogP contribution < -0.4 is 0 Å². The summed E-state index contributed by atoms with van der Waals surface area (Å²) in [5.74, 6) is 0.642. The van der Waals surface area contributed by atoms with Crippen molar-refractivity contribution in [3.8, 4) is 96.0 Å². The zero-order valence-corrected chi connectivity index (χ0v) is 42.5. The highest BCUT2D eigenvalue weighted by atomic mass is 19.4. The Kier molecular flexibility index (Phi) is 13.3. The first-order valence-corrected chi connectivity index (χ1v) is 25.3. The first kappa shape index (κ1) is 53.7. The molecule has 9 aromatic carbocycles. The van der Waals surface area contributed by atoms with Crippen LogP contribution in [0.4, 0.5) is 52.7 Å². The number of aromatic nitrogens is 6. The van der Waals surface area contributed by atoms with Crippen molar-refractivity contribution in [1.29, 1.82) is 0 Å². The highest BCUT2D eigenvalue weighted by Gasteiger charge is 2.40. The van der Waals surface area contributed by atoms with Crippen molar-refractivity contribution in [2.45, 2.75) is 24.7 Å². The summed E-state index contributed by atoms with van der Waals surface area (Å²) in [5.41, 5.74) is -3.21. The molecule has 83 heavy (non-hydrogen) atoms. The van der Waals surface area contributed by atoms with E-state index in [1.165, 1.54) is 41.0 Å². The van der Waals surface area contributed by atoms with Gasteiger partial charge in [-0.3, -0.25) is 0 Å². The lowest BCUT2D eigenvalue weighted by atomic mass is 9.95. The Morgan fingerprint density at radius 3 is 1.04 bits per heavy atom. The van der Waals surface area contributed by atoms with Crippen LogP contribution in [0.3, 0.4) is 0 Å². The molecule has 18 heteroatoms. The van der Waals surface area contributed by atoms with E-state index in [9.17, 15) is 52.7 Å². The Labute approximate surface area is 463 Å². The fraction of sp³-hybridized carbons (Fsp3) is 0.0615. The summed E-state index contributed by atoms with van der Waals surface area (Å²) in [7, 11) is 0. The van der Waals surface area contributed by atoms with E-state index in [2.05, 4.69) is 0 Å². The fourth-order valence-corrected chi connectivity index (χ4v) is 10.1. The molecule has 0 N–H and O–H groups in total. The van der Waals surface area contributed by atoms with Gasteiger partial charge in [-0.25, -0.2) is 24.9 Å². The van der Waals surface area contributed by atoms with Gasteiger partial charge in [0.15, 0.2) is 23.3 Å². The molecule has 0 bridgehead atoms. The number of fused-ring (bicyclic) bond motifs is 3. The monoisotopic (exact) mass is 1130 g/mol. The molecule has 0 fully saturated rings. The lowest BCUT2D eigenvalue weighted by molar-refractivity contribution is -0.144. The Morgan fingerprint density at radius 1 is 0.265 bits per heavy atom. The minimum absolute atomic E-state index is 0.0172. The molecule has 0 saturated heterocycles. The molecule has 0 aliphatic rings. The van der Waals surface area contributed by atoms with Gasteiger partial charge >= 0.3 is 24.7 Å². The van der Waals surface area contributed by atoms with Crippen molar-refractivity contribution in [2.75, 3.05) is 0 Å². The Bertz CT molecular complexity index is 4180. The van der Waals surface area contributed by atoms with Crippen LogP contribution in [0, 0.1) is 0 Å². The standard InChI is InChI=1S/C65H36F12N6/c66-62(67,68)44-24-28-46(51(34-44)64(72,73)74)41-21-26-48-49-27-22-42(47-29-25-45(63(69,70)71)35-52(47)65(75,76)77)33-57(49)83(56(48)32-41)55-30-23-43(60-78-53(37-13-5-1-6-14-37)36-54(79-60)38-15-7-2-8-16-38)31-50(55)61-81-58(39-17-9-3-10-18-39)80-59(82-61)40-19-11-4-12-20-40/h1-36H. The lowest BCUT2D eigenvalue weighted by Crippen LogP contribution is -2.12. The van der Waals surface area contributed by atoms with Crippen LogP contribution in [0.5, 0.6) is 0 Å². The minimum atomic E-state index is -5.29. The third-order valence-corrected chi connectivity index (χ3v) is 14.0. The number of hydrogen-bond donors (Lipinski definition) is 0. The van der Waals surface area contributed by atoms with E-state index in [-0.39, 0.29) is 68.8 Å². The van der Waals surface area contributed by atoms with Gasteiger partial charge in [-0.1, -0.05) is 158 Å². The summed E-state index contributed by atoms with van der Waals surface area (Å²) in [4.78, 5) is 25.1. The Balaban J connectivity index is 1.20. The molecular weight excluding hydrogens is 1090 g/mol. The molecule has 0 amide bonds. The quantitative estimate of drug-likeness (QED) is 0.135.